The lowest BCUT2D eigenvalue weighted by molar-refractivity contribution is 0.812. The van der Waals surface area contributed by atoms with Crippen molar-refractivity contribution in [1.29, 1.82) is 0 Å². The van der Waals surface area contributed by atoms with Gasteiger partial charge < -0.3 is 11.1 Å². The molecule has 8 heteroatoms. The fraction of sp³-hybridized carbons (Fsp3) is 0.600. The molecular weight excluding hydrogens is 272 g/mol. The quantitative estimate of drug-likeness (QED) is 0.720. The Labute approximate surface area is 113 Å². The Hall–Kier alpha value is -1.02. The van der Waals surface area contributed by atoms with Crippen molar-refractivity contribution in [3.63, 3.8) is 0 Å². The predicted molar refractivity (Wildman–Crippen MR) is 78.8 cm³/mol. The summed E-state index contributed by atoms with van der Waals surface area (Å²) in [6.07, 6.45) is 0. The third-order valence-electron chi connectivity index (χ3n) is 2.76. The van der Waals surface area contributed by atoms with Crippen LogP contribution in [0.5, 0.6) is 0 Å². The van der Waals surface area contributed by atoms with Gasteiger partial charge in [-0.05, 0) is 0 Å². The molecule has 0 spiro atoms. The van der Waals surface area contributed by atoms with Crippen molar-refractivity contribution in [3.05, 3.63) is 20.8 Å². The molecule has 1 aromatic rings. The first kappa shape index (κ1) is 13.4. The highest BCUT2D eigenvalue weighted by atomic mass is 32.2. The van der Waals surface area contributed by atoms with Crippen LogP contribution in [0, 0.1) is 0 Å². The highest BCUT2D eigenvalue weighted by Gasteiger charge is 2.16. The average Bonchev–Trinajstić information content (AvgIpc) is 2.37. The van der Waals surface area contributed by atoms with E-state index in [1.165, 1.54) is 17.4 Å². The molecule has 0 aliphatic carbocycles. The number of H-pyrrole nitrogens is 1. The van der Waals surface area contributed by atoms with E-state index in [2.05, 4.69) is 10.3 Å². The molecule has 0 saturated carbocycles. The monoisotopic (exact) mass is 288 g/mol. The third kappa shape index (κ3) is 2.86. The molecule has 1 saturated heterocycles. The fourth-order valence-electron chi connectivity index (χ4n) is 1.68. The first-order chi connectivity index (χ1) is 8.59. The van der Waals surface area contributed by atoms with Crippen LogP contribution in [-0.4, -0.2) is 38.6 Å². The Morgan fingerprint density at radius 2 is 2.28 bits per heavy atom. The van der Waals surface area contributed by atoms with E-state index >= 15 is 0 Å². The summed E-state index contributed by atoms with van der Waals surface area (Å²) in [5, 5.41) is 3.53. The van der Waals surface area contributed by atoms with Crippen molar-refractivity contribution in [2.75, 3.05) is 34.9 Å². The molecule has 4 N–H and O–H groups in total. The second kappa shape index (κ2) is 5.75. The van der Waals surface area contributed by atoms with Crippen LogP contribution in [0.15, 0.2) is 9.59 Å². The lowest BCUT2D eigenvalue weighted by atomic mass is 10.4. The largest absolute Gasteiger partial charge is 0.383 e. The SMILES string of the molecule is Cn1c(N)c(NCC2CSCCS2)c(=O)[nH]c1=O. The summed E-state index contributed by atoms with van der Waals surface area (Å²) in [6.45, 7) is 0.684. The second-order valence-corrected chi connectivity index (χ2v) is 6.59. The normalized spacial score (nSPS) is 19.7. The van der Waals surface area contributed by atoms with Crippen molar-refractivity contribution in [2.45, 2.75) is 5.25 Å². The molecule has 2 heterocycles. The standard InChI is InChI=1S/C10H16N4O2S2/c1-14-8(11)7(9(15)13-10(14)16)12-4-6-5-17-2-3-18-6/h6,12H,2-5,11H2,1H3,(H,13,15,16). The van der Waals surface area contributed by atoms with Gasteiger partial charge in [0.05, 0.1) is 0 Å². The Morgan fingerprint density at radius 3 is 2.94 bits per heavy atom. The molecule has 1 unspecified atom stereocenters. The molecule has 1 atom stereocenters. The van der Waals surface area contributed by atoms with E-state index in [1.54, 1.807) is 0 Å². The molecule has 0 aromatic carbocycles. The molecular formula is C10H16N4O2S2. The Morgan fingerprint density at radius 1 is 1.50 bits per heavy atom. The number of rotatable bonds is 3. The molecule has 1 aliphatic heterocycles. The van der Waals surface area contributed by atoms with Crippen LogP contribution in [0.4, 0.5) is 11.5 Å². The molecule has 0 bridgehead atoms. The predicted octanol–water partition coefficient (Wildman–Crippen LogP) is -0.0837. The van der Waals surface area contributed by atoms with E-state index in [0.29, 0.717) is 11.8 Å². The maximum absolute atomic E-state index is 11.7. The zero-order chi connectivity index (χ0) is 13.1. The lowest BCUT2D eigenvalue weighted by Crippen LogP contribution is -2.34. The molecule has 6 nitrogen and oxygen atoms in total. The van der Waals surface area contributed by atoms with Gasteiger partial charge in [0.15, 0.2) is 0 Å². The molecule has 1 aliphatic rings. The van der Waals surface area contributed by atoms with E-state index in [1.807, 2.05) is 23.5 Å². The summed E-state index contributed by atoms with van der Waals surface area (Å²) < 4.78 is 1.23. The second-order valence-electron chi connectivity index (χ2n) is 4.03. The Bertz CT molecular complexity index is 534. The van der Waals surface area contributed by atoms with Crippen molar-refractivity contribution in [2.24, 2.45) is 7.05 Å². The minimum atomic E-state index is -0.495. The smallest absolute Gasteiger partial charge is 0.329 e. The van der Waals surface area contributed by atoms with E-state index in [4.69, 9.17) is 5.73 Å². The van der Waals surface area contributed by atoms with Gasteiger partial charge in [0.1, 0.15) is 11.5 Å². The van der Waals surface area contributed by atoms with E-state index in [0.717, 1.165) is 11.5 Å². The minimum absolute atomic E-state index is 0.178. The van der Waals surface area contributed by atoms with Gasteiger partial charge in [0, 0.05) is 36.1 Å². The van der Waals surface area contributed by atoms with Crippen molar-refractivity contribution < 1.29 is 0 Å². The molecule has 2 rings (SSSR count). The first-order valence-electron chi connectivity index (χ1n) is 5.61. The molecule has 100 valence electrons. The first-order valence-corrected chi connectivity index (χ1v) is 7.82. The number of nitrogens with two attached hydrogens (primary N) is 1. The average molecular weight is 288 g/mol. The van der Waals surface area contributed by atoms with Crippen LogP contribution >= 0.6 is 23.5 Å². The number of hydrogen-bond acceptors (Lipinski definition) is 6. The summed E-state index contributed by atoms with van der Waals surface area (Å²) in [4.78, 5) is 25.2. The van der Waals surface area contributed by atoms with Gasteiger partial charge in [-0.1, -0.05) is 0 Å². The zero-order valence-corrected chi connectivity index (χ0v) is 11.7. The number of thioether (sulfide) groups is 2. The van der Waals surface area contributed by atoms with Gasteiger partial charge in [-0.15, -0.1) is 0 Å². The van der Waals surface area contributed by atoms with E-state index < -0.39 is 11.2 Å². The number of nitrogens with one attached hydrogen (secondary N) is 2. The van der Waals surface area contributed by atoms with Gasteiger partial charge in [-0.2, -0.15) is 23.5 Å². The third-order valence-corrected chi connectivity index (χ3v) is 5.61. The van der Waals surface area contributed by atoms with Gasteiger partial charge in [0.2, 0.25) is 0 Å². The molecule has 1 fully saturated rings. The number of aromatic amines is 1. The summed E-state index contributed by atoms with van der Waals surface area (Å²) in [6, 6.07) is 0. The number of anilines is 2. The van der Waals surface area contributed by atoms with Gasteiger partial charge >= 0.3 is 5.69 Å². The molecule has 1 aromatic heterocycles. The minimum Gasteiger partial charge on any atom is -0.383 e. The van der Waals surface area contributed by atoms with Crippen LogP contribution in [0.2, 0.25) is 0 Å². The van der Waals surface area contributed by atoms with Crippen LogP contribution < -0.4 is 22.3 Å². The van der Waals surface area contributed by atoms with E-state index in [-0.39, 0.29) is 11.5 Å². The summed E-state index contributed by atoms with van der Waals surface area (Å²) in [5.74, 6) is 3.57. The van der Waals surface area contributed by atoms with Crippen molar-refractivity contribution in [3.8, 4) is 0 Å². The van der Waals surface area contributed by atoms with Crippen LogP contribution in [-0.2, 0) is 7.05 Å². The number of nitrogens with zero attached hydrogens (tertiary/aromatic N) is 1. The molecule has 0 amide bonds. The van der Waals surface area contributed by atoms with Gasteiger partial charge in [0.25, 0.3) is 5.56 Å². The Balaban J connectivity index is 2.11. The van der Waals surface area contributed by atoms with Crippen molar-refractivity contribution >= 4 is 35.0 Å². The summed E-state index contributed by atoms with van der Waals surface area (Å²) in [7, 11) is 1.53. The van der Waals surface area contributed by atoms with Crippen LogP contribution in [0.3, 0.4) is 0 Å². The molecule has 18 heavy (non-hydrogen) atoms. The number of nitrogen functional groups attached to an aromatic ring is 1. The zero-order valence-electron chi connectivity index (χ0n) is 10.1. The van der Waals surface area contributed by atoms with Crippen LogP contribution in [0.25, 0.3) is 0 Å². The number of hydrogen-bond donors (Lipinski definition) is 3. The Kier molecular flexibility index (Phi) is 4.28. The lowest BCUT2D eigenvalue weighted by Gasteiger charge is -2.21. The maximum Gasteiger partial charge on any atom is 0.329 e. The summed E-state index contributed by atoms with van der Waals surface area (Å²) in [5.41, 5.74) is 5.10. The highest BCUT2D eigenvalue weighted by Crippen LogP contribution is 2.24. The maximum atomic E-state index is 11.7. The van der Waals surface area contributed by atoms with E-state index in [9.17, 15) is 9.59 Å². The highest BCUT2D eigenvalue weighted by molar-refractivity contribution is 8.06. The van der Waals surface area contributed by atoms with Crippen LogP contribution in [0.1, 0.15) is 0 Å². The van der Waals surface area contributed by atoms with Crippen molar-refractivity contribution in [1.82, 2.24) is 9.55 Å². The fourth-order valence-corrected chi connectivity index (χ4v) is 4.29. The molecule has 0 radical (unpaired) electrons. The van der Waals surface area contributed by atoms with Gasteiger partial charge in [-0.3, -0.25) is 14.3 Å². The summed E-state index contributed by atoms with van der Waals surface area (Å²) >= 11 is 3.82. The number of aromatic nitrogens is 2. The van der Waals surface area contributed by atoms with Gasteiger partial charge in [-0.25, -0.2) is 4.79 Å². The topological polar surface area (TPSA) is 92.9 Å².